The highest BCUT2D eigenvalue weighted by molar-refractivity contribution is 14.1. The Morgan fingerprint density at radius 3 is 2.95 bits per heavy atom. The number of pyridine rings is 1. The van der Waals surface area contributed by atoms with E-state index in [0.717, 1.165) is 39.9 Å². The lowest BCUT2D eigenvalue weighted by molar-refractivity contribution is 0.217. The number of nitrogens with two attached hydrogens (primary N) is 1. The second kappa shape index (κ2) is 5.82. The second-order valence-corrected chi connectivity index (χ2v) is 8.38. The zero-order chi connectivity index (χ0) is 15.3. The molecule has 4 heteroatoms. The lowest BCUT2D eigenvalue weighted by Crippen LogP contribution is -2.30. The Balaban J connectivity index is 1.82. The van der Waals surface area contributed by atoms with Gasteiger partial charge in [-0.3, -0.25) is 4.98 Å². The van der Waals surface area contributed by atoms with Crippen LogP contribution in [0.2, 0.25) is 5.02 Å². The van der Waals surface area contributed by atoms with Crippen LogP contribution in [-0.4, -0.2) is 9.41 Å². The third-order valence-electron chi connectivity index (χ3n) is 5.42. The summed E-state index contributed by atoms with van der Waals surface area (Å²) < 4.78 is 1.26. The maximum Gasteiger partial charge on any atom is 0.0741 e. The molecule has 1 heterocycles. The molecule has 1 aromatic carbocycles. The van der Waals surface area contributed by atoms with E-state index in [-0.39, 0.29) is 0 Å². The van der Waals surface area contributed by atoms with Crippen LogP contribution in [0.15, 0.2) is 18.2 Å². The number of nitrogens with zero attached hydrogens (tertiary/aromatic N) is 1. The summed E-state index contributed by atoms with van der Waals surface area (Å²) in [5.74, 6) is 2.28. The number of anilines is 1. The number of nitrogen functional groups attached to an aromatic ring is 1. The third kappa shape index (κ3) is 2.50. The average molecular weight is 427 g/mol. The van der Waals surface area contributed by atoms with Gasteiger partial charge in [0.1, 0.15) is 0 Å². The highest BCUT2D eigenvalue weighted by atomic mass is 127. The van der Waals surface area contributed by atoms with Crippen molar-refractivity contribution in [3.05, 3.63) is 34.5 Å². The molecule has 4 rings (SSSR count). The molecule has 3 atom stereocenters. The molecule has 22 heavy (non-hydrogen) atoms. The van der Waals surface area contributed by atoms with E-state index < -0.39 is 0 Å². The van der Waals surface area contributed by atoms with E-state index in [4.69, 9.17) is 22.3 Å². The van der Waals surface area contributed by atoms with Gasteiger partial charge >= 0.3 is 0 Å². The first-order valence-corrected chi connectivity index (χ1v) is 9.99. The topological polar surface area (TPSA) is 38.9 Å². The van der Waals surface area contributed by atoms with Crippen LogP contribution in [0.5, 0.6) is 0 Å². The van der Waals surface area contributed by atoms with Crippen LogP contribution in [0.3, 0.4) is 0 Å². The van der Waals surface area contributed by atoms with Gasteiger partial charge < -0.3 is 5.73 Å². The van der Waals surface area contributed by atoms with Crippen LogP contribution in [0.25, 0.3) is 10.9 Å². The predicted octanol–water partition coefficient (Wildman–Crippen LogP) is 5.35. The second-order valence-electron chi connectivity index (χ2n) is 6.87. The lowest BCUT2D eigenvalue weighted by atomic mass is 9.66. The van der Waals surface area contributed by atoms with E-state index in [1.165, 1.54) is 41.4 Å². The van der Waals surface area contributed by atoms with E-state index in [0.29, 0.717) is 5.92 Å². The molecule has 1 saturated carbocycles. The van der Waals surface area contributed by atoms with Crippen LogP contribution in [-0.2, 0) is 6.42 Å². The largest absolute Gasteiger partial charge is 0.398 e. The van der Waals surface area contributed by atoms with Gasteiger partial charge in [-0.25, -0.2) is 0 Å². The monoisotopic (exact) mass is 426 g/mol. The molecule has 3 unspecified atom stereocenters. The van der Waals surface area contributed by atoms with Gasteiger partial charge in [0.15, 0.2) is 0 Å². The van der Waals surface area contributed by atoms with Gasteiger partial charge in [0.25, 0.3) is 0 Å². The molecule has 1 fully saturated rings. The highest BCUT2D eigenvalue weighted by Crippen LogP contribution is 2.49. The number of hydrogen-bond donors (Lipinski definition) is 1. The maximum atomic E-state index is 6.56. The van der Waals surface area contributed by atoms with E-state index in [2.05, 4.69) is 22.6 Å². The van der Waals surface area contributed by atoms with E-state index in [9.17, 15) is 0 Å². The highest BCUT2D eigenvalue weighted by Gasteiger charge is 2.37. The first-order chi connectivity index (χ1) is 10.7. The van der Waals surface area contributed by atoms with Crippen molar-refractivity contribution >= 4 is 50.8 Å². The number of rotatable bonds is 2. The van der Waals surface area contributed by atoms with Crippen LogP contribution >= 0.6 is 34.2 Å². The van der Waals surface area contributed by atoms with Gasteiger partial charge in [-0.1, -0.05) is 34.2 Å². The zero-order valence-corrected chi connectivity index (χ0v) is 15.4. The Kier molecular flexibility index (Phi) is 3.97. The molecule has 2 aromatic rings. The van der Waals surface area contributed by atoms with E-state index in [1.54, 1.807) is 0 Å². The molecule has 2 N–H and O–H groups in total. The van der Waals surface area contributed by atoms with Crippen molar-refractivity contribution in [1.82, 2.24) is 4.98 Å². The molecular formula is C18H20ClIN2. The first kappa shape index (κ1) is 15.0. The SMILES string of the molecule is Nc1c2c(nc3cc(Cl)ccc13)CC1CC(CCI)CC2C1. The fraction of sp³-hybridized carbons (Fsp3) is 0.500. The summed E-state index contributed by atoms with van der Waals surface area (Å²) in [5.41, 5.74) is 11.1. The Hall–Kier alpha value is -0.550. The molecule has 2 aliphatic rings. The molecular weight excluding hydrogens is 407 g/mol. The fourth-order valence-corrected chi connectivity index (χ4v) is 5.62. The average Bonchev–Trinajstić information content (AvgIpc) is 2.46. The normalized spacial score (nSPS) is 26.9. The van der Waals surface area contributed by atoms with Gasteiger partial charge in [-0.2, -0.15) is 0 Å². The summed E-state index contributed by atoms with van der Waals surface area (Å²) in [6.07, 6.45) is 6.40. The number of halogens is 2. The van der Waals surface area contributed by atoms with E-state index in [1.807, 2.05) is 18.2 Å². The summed E-state index contributed by atoms with van der Waals surface area (Å²) in [5, 5.41) is 1.80. The van der Waals surface area contributed by atoms with Crippen molar-refractivity contribution in [2.24, 2.45) is 11.8 Å². The van der Waals surface area contributed by atoms with E-state index >= 15 is 0 Å². The Morgan fingerprint density at radius 1 is 1.27 bits per heavy atom. The number of alkyl halides is 1. The van der Waals surface area contributed by atoms with Gasteiger partial charge in [-0.05, 0) is 72.5 Å². The summed E-state index contributed by atoms with van der Waals surface area (Å²) in [4.78, 5) is 4.93. The molecule has 2 aliphatic carbocycles. The number of hydrogen-bond acceptors (Lipinski definition) is 2. The Morgan fingerprint density at radius 2 is 2.14 bits per heavy atom. The molecule has 1 aromatic heterocycles. The minimum absolute atomic E-state index is 0.614. The standard InChI is InChI=1S/C18H20ClIN2/c19-13-1-2-14-15(9-13)22-16-8-11-5-10(3-4-20)6-12(7-11)17(16)18(14)21/h1-2,9-12H,3-8H2,(H2,21,22). The molecule has 0 saturated heterocycles. The predicted molar refractivity (Wildman–Crippen MR) is 102 cm³/mol. The minimum atomic E-state index is 0.614. The Labute approximate surface area is 150 Å². The van der Waals surface area contributed by atoms with Crippen molar-refractivity contribution in [2.45, 2.75) is 38.0 Å². The van der Waals surface area contributed by atoms with Crippen molar-refractivity contribution < 1.29 is 0 Å². The fourth-order valence-electron chi connectivity index (χ4n) is 4.57. The molecule has 0 aliphatic heterocycles. The quantitative estimate of drug-likeness (QED) is 0.519. The first-order valence-electron chi connectivity index (χ1n) is 8.09. The van der Waals surface area contributed by atoms with Crippen LogP contribution < -0.4 is 5.73 Å². The smallest absolute Gasteiger partial charge is 0.0741 e. The van der Waals surface area contributed by atoms with Crippen molar-refractivity contribution in [3.63, 3.8) is 0 Å². The lowest BCUT2D eigenvalue weighted by Gasteiger charge is -2.40. The van der Waals surface area contributed by atoms with Crippen molar-refractivity contribution in [3.8, 4) is 0 Å². The van der Waals surface area contributed by atoms with Crippen LogP contribution in [0.1, 0.15) is 42.9 Å². The Bertz CT molecular complexity index is 731. The molecule has 2 bridgehead atoms. The van der Waals surface area contributed by atoms with Gasteiger partial charge in [-0.15, -0.1) is 0 Å². The number of aromatic nitrogens is 1. The van der Waals surface area contributed by atoms with Crippen LogP contribution in [0.4, 0.5) is 5.69 Å². The number of fused-ring (bicyclic) bond motifs is 5. The van der Waals surface area contributed by atoms with Crippen LogP contribution in [0, 0.1) is 11.8 Å². The number of benzene rings is 1. The van der Waals surface area contributed by atoms with Crippen molar-refractivity contribution in [1.29, 1.82) is 0 Å². The summed E-state index contributed by atoms with van der Waals surface area (Å²) in [6.45, 7) is 0. The summed E-state index contributed by atoms with van der Waals surface area (Å²) in [7, 11) is 0. The molecule has 0 spiro atoms. The van der Waals surface area contributed by atoms with Gasteiger partial charge in [0.2, 0.25) is 0 Å². The molecule has 2 nitrogen and oxygen atoms in total. The minimum Gasteiger partial charge on any atom is -0.398 e. The van der Waals surface area contributed by atoms with Gasteiger partial charge in [0, 0.05) is 27.4 Å². The molecule has 0 radical (unpaired) electrons. The summed E-state index contributed by atoms with van der Waals surface area (Å²) in [6, 6.07) is 5.88. The van der Waals surface area contributed by atoms with Crippen molar-refractivity contribution in [2.75, 3.05) is 10.2 Å². The van der Waals surface area contributed by atoms with Gasteiger partial charge in [0.05, 0.1) is 5.52 Å². The third-order valence-corrected chi connectivity index (χ3v) is 6.27. The maximum absolute atomic E-state index is 6.56. The zero-order valence-electron chi connectivity index (χ0n) is 12.5. The summed E-state index contributed by atoms with van der Waals surface area (Å²) >= 11 is 8.63. The molecule has 0 amide bonds. The molecule has 116 valence electrons.